The highest BCUT2D eigenvalue weighted by molar-refractivity contribution is 7.09. The summed E-state index contributed by atoms with van der Waals surface area (Å²) in [6.07, 6.45) is 3.85. The maximum absolute atomic E-state index is 14.1. The van der Waals surface area contributed by atoms with Crippen molar-refractivity contribution in [2.75, 3.05) is 30.4 Å². The number of amides is 3. The van der Waals surface area contributed by atoms with E-state index in [1.165, 1.54) is 4.90 Å². The molecule has 3 amide bonds. The molecule has 0 aliphatic carbocycles. The summed E-state index contributed by atoms with van der Waals surface area (Å²) in [6.45, 7) is 5.29. The molecule has 1 aromatic carbocycles. The van der Waals surface area contributed by atoms with Gasteiger partial charge in [-0.15, -0.1) is 0 Å². The van der Waals surface area contributed by atoms with E-state index in [-0.39, 0.29) is 16.3 Å². The largest absolute Gasteiger partial charge is 0.486 e. The Hall–Kier alpha value is -4.19. The number of aromatic nitrogens is 2. The molecule has 37 heavy (non-hydrogen) atoms. The number of ether oxygens (including phenoxy) is 2. The smallest absolute Gasteiger partial charge is 0.273 e. The van der Waals surface area contributed by atoms with E-state index in [9.17, 15) is 14.4 Å². The number of nitrogens with two attached hydrogens (primary N) is 2. The molecule has 11 nitrogen and oxygen atoms in total. The van der Waals surface area contributed by atoms with Crippen LogP contribution in [0.15, 0.2) is 42.7 Å². The molecule has 0 saturated carbocycles. The number of nitrogens with zero attached hydrogens (tertiary/aromatic N) is 3. The van der Waals surface area contributed by atoms with Crippen LogP contribution in [0.2, 0.25) is 0 Å². The minimum atomic E-state index is -1.09. The van der Waals surface area contributed by atoms with Gasteiger partial charge in [0.2, 0.25) is 5.91 Å². The Morgan fingerprint density at radius 1 is 1.11 bits per heavy atom. The van der Waals surface area contributed by atoms with Gasteiger partial charge in [-0.1, -0.05) is 13.8 Å². The first-order valence-corrected chi connectivity index (χ1v) is 12.5. The zero-order valence-electron chi connectivity index (χ0n) is 20.5. The molecule has 0 saturated heterocycles. The molecule has 194 valence electrons. The maximum Gasteiger partial charge on any atom is 0.273 e. The summed E-state index contributed by atoms with van der Waals surface area (Å²) in [5.74, 6) is -0.536. The van der Waals surface area contributed by atoms with Crippen LogP contribution in [0.5, 0.6) is 11.5 Å². The summed E-state index contributed by atoms with van der Waals surface area (Å²) in [7, 11) is 0. The van der Waals surface area contributed by atoms with Crippen LogP contribution in [0.25, 0.3) is 0 Å². The van der Waals surface area contributed by atoms with Crippen molar-refractivity contribution >= 4 is 40.6 Å². The van der Waals surface area contributed by atoms with Crippen LogP contribution in [0.3, 0.4) is 0 Å². The lowest BCUT2D eigenvalue weighted by Gasteiger charge is -2.32. The summed E-state index contributed by atoms with van der Waals surface area (Å²) >= 11 is 0.743. The summed E-state index contributed by atoms with van der Waals surface area (Å²) < 4.78 is 15.3. The van der Waals surface area contributed by atoms with Crippen molar-refractivity contribution in [3.63, 3.8) is 0 Å². The van der Waals surface area contributed by atoms with E-state index in [0.717, 1.165) is 18.0 Å². The third-order valence-corrected chi connectivity index (χ3v) is 6.58. The first-order valence-electron chi connectivity index (χ1n) is 11.7. The zero-order chi connectivity index (χ0) is 26.5. The van der Waals surface area contributed by atoms with Gasteiger partial charge in [-0.3, -0.25) is 24.3 Å². The van der Waals surface area contributed by atoms with Crippen molar-refractivity contribution in [1.82, 2.24) is 14.7 Å². The van der Waals surface area contributed by atoms with Crippen LogP contribution in [0.4, 0.5) is 11.4 Å². The number of hydrogen-bond acceptors (Lipinski definition) is 9. The summed E-state index contributed by atoms with van der Waals surface area (Å²) in [5.41, 5.74) is 12.0. The van der Waals surface area contributed by atoms with Crippen LogP contribution in [-0.4, -0.2) is 46.8 Å². The highest BCUT2D eigenvalue weighted by Gasteiger charge is 2.36. The molecule has 1 atom stereocenters. The lowest BCUT2D eigenvalue weighted by Crippen LogP contribution is -2.44. The van der Waals surface area contributed by atoms with E-state index in [1.807, 2.05) is 0 Å². The molecular formula is C25H28N6O5S. The fraction of sp³-hybridized carbons (Fsp3) is 0.320. The van der Waals surface area contributed by atoms with Crippen molar-refractivity contribution < 1.29 is 23.9 Å². The number of fused-ring (bicyclic) bond motifs is 1. The third-order valence-electron chi connectivity index (χ3n) is 5.73. The van der Waals surface area contributed by atoms with Crippen LogP contribution in [-0.2, 0) is 4.79 Å². The summed E-state index contributed by atoms with van der Waals surface area (Å²) in [4.78, 5) is 44.8. The van der Waals surface area contributed by atoms with Gasteiger partial charge in [-0.05, 0) is 53.7 Å². The number of rotatable bonds is 9. The van der Waals surface area contributed by atoms with Gasteiger partial charge in [-0.25, -0.2) is 0 Å². The van der Waals surface area contributed by atoms with Crippen LogP contribution in [0, 0.1) is 5.92 Å². The van der Waals surface area contributed by atoms with Gasteiger partial charge >= 0.3 is 0 Å². The number of nitrogens with one attached hydrogen (secondary N) is 1. The molecule has 3 aromatic rings. The summed E-state index contributed by atoms with van der Waals surface area (Å²) in [6, 6.07) is 7.20. The van der Waals surface area contributed by atoms with Crippen molar-refractivity contribution in [2.24, 2.45) is 11.7 Å². The van der Waals surface area contributed by atoms with Crippen molar-refractivity contribution in [2.45, 2.75) is 26.3 Å². The van der Waals surface area contributed by atoms with Crippen LogP contribution < -0.4 is 31.2 Å². The Morgan fingerprint density at radius 3 is 2.46 bits per heavy atom. The minimum absolute atomic E-state index is 0.0160. The van der Waals surface area contributed by atoms with E-state index in [0.29, 0.717) is 48.4 Å². The molecule has 0 radical (unpaired) electrons. The average Bonchev–Trinajstić information content (AvgIpc) is 3.28. The van der Waals surface area contributed by atoms with E-state index in [1.54, 1.807) is 42.7 Å². The predicted octanol–water partition coefficient (Wildman–Crippen LogP) is 2.54. The lowest BCUT2D eigenvalue weighted by atomic mass is 10.0. The van der Waals surface area contributed by atoms with Crippen LogP contribution >= 0.6 is 11.5 Å². The normalized spacial score (nSPS) is 13.2. The fourth-order valence-electron chi connectivity index (χ4n) is 3.85. The highest BCUT2D eigenvalue weighted by Crippen LogP contribution is 2.38. The first kappa shape index (κ1) is 25.9. The molecule has 4 rings (SSSR count). The summed E-state index contributed by atoms with van der Waals surface area (Å²) in [5, 5.41) is 2.94. The molecule has 12 heteroatoms. The van der Waals surface area contributed by atoms with E-state index in [4.69, 9.17) is 20.9 Å². The van der Waals surface area contributed by atoms with E-state index < -0.39 is 23.8 Å². The number of carbonyl (C=O) groups is 3. The maximum atomic E-state index is 14.1. The van der Waals surface area contributed by atoms with Gasteiger partial charge in [0.1, 0.15) is 24.1 Å². The second-order valence-electron chi connectivity index (χ2n) is 8.80. The molecule has 0 bridgehead atoms. The van der Waals surface area contributed by atoms with Crippen LogP contribution in [0.1, 0.15) is 52.0 Å². The molecule has 1 aliphatic heterocycles. The number of hydrogen-bond donors (Lipinski definition) is 3. The van der Waals surface area contributed by atoms with E-state index >= 15 is 0 Å². The van der Waals surface area contributed by atoms with Gasteiger partial charge in [0, 0.05) is 30.7 Å². The Bertz CT molecular complexity index is 1300. The number of pyridine rings is 1. The average molecular weight is 525 g/mol. The molecule has 0 fully saturated rings. The second kappa shape index (κ2) is 11.2. The molecule has 3 heterocycles. The van der Waals surface area contributed by atoms with E-state index in [2.05, 4.69) is 28.5 Å². The second-order valence-corrected chi connectivity index (χ2v) is 9.57. The Labute approximate surface area is 217 Å². The van der Waals surface area contributed by atoms with Crippen molar-refractivity contribution in [3.05, 3.63) is 58.9 Å². The molecular weight excluding hydrogens is 496 g/mol. The highest BCUT2D eigenvalue weighted by atomic mass is 32.1. The van der Waals surface area contributed by atoms with Gasteiger partial charge in [0.05, 0.1) is 5.69 Å². The molecule has 0 unspecified atom stereocenters. The topological polar surface area (TPSA) is 163 Å². The van der Waals surface area contributed by atoms with Gasteiger partial charge < -0.3 is 26.3 Å². The monoisotopic (exact) mass is 524 g/mol. The number of benzene rings is 1. The Morgan fingerprint density at radius 2 is 1.81 bits per heavy atom. The van der Waals surface area contributed by atoms with Crippen molar-refractivity contribution in [1.29, 1.82) is 0 Å². The SMILES string of the molecule is CC(C)CCNC(=O)[C@@H](c1ccncc1)N(C(=O)c1snc(C(N)=O)c1N)c1ccc2c(c1)OCCO2. The Kier molecular flexibility index (Phi) is 7.87. The Balaban J connectivity index is 1.84. The predicted molar refractivity (Wildman–Crippen MR) is 139 cm³/mol. The van der Waals surface area contributed by atoms with Crippen molar-refractivity contribution in [3.8, 4) is 11.5 Å². The minimum Gasteiger partial charge on any atom is -0.486 e. The number of carbonyl (C=O) groups excluding carboxylic acids is 3. The fourth-order valence-corrected chi connectivity index (χ4v) is 4.59. The van der Waals surface area contributed by atoms with Gasteiger partial charge in [0.15, 0.2) is 17.2 Å². The standard InChI is InChI=1S/C25H28N6O5S/c1-14(2)5-10-29-24(33)21(15-6-8-28-9-7-15)31(16-3-4-17-18(13-16)36-12-11-35-17)25(34)22-19(26)20(23(27)32)30-37-22/h3-4,6-9,13-14,21H,5,10-12,26H2,1-2H3,(H2,27,32)(H,29,33)/t21-/m1/s1. The number of nitrogen functional groups attached to an aromatic ring is 1. The zero-order valence-corrected chi connectivity index (χ0v) is 21.3. The lowest BCUT2D eigenvalue weighted by molar-refractivity contribution is -0.122. The third kappa shape index (κ3) is 5.64. The number of anilines is 2. The van der Waals surface area contributed by atoms with Gasteiger partial charge in [-0.2, -0.15) is 4.37 Å². The quantitative estimate of drug-likeness (QED) is 0.384. The van der Waals surface area contributed by atoms with Gasteiger partial charge in [0.25, 0.3) is 11.8 Å². The molecule has 2 aromatic heterocycles. The molecule has 0 spiro atoms. The molecule has 5 N–H and O–H groups in total. The first-order chi connectivity index (χ1) is 17.8. The number of primary amides is 1. The molecule has 1 aliphatic rings.